The SMILES string of the molecule is O=C(c1ccc(Br)cc1)C1C(c2ccc([N+](=O)[O-])cc2)C2CCCN2[C@@]12C(=O)Nc1c(C(F)(F)F)cccc12. The molecule has 1 amide bonds. The van der Waals surface area contributed by atoms with Crippen LogP contribution in [-0.4, -0.2) is 34.1 Å². The first-order valence-electron chi connectivity index (χ1n) is 12.4. The molecule has 2 fully saturated rings. The van der Waals surface area contributed by atoms with Crippen LogP contribution in [0.4, 0.5) is 24.5 Å². The number of para-hydroxylation sites is 1. The number of alkyl halides is 3. The lowest BCUT2D eigenvalue weighted by atomic mass is 9.68. The van der Waals surface area contributed by atoms with Crippen LogP contribution in [0, 0.1) is 16.0 Å². The van der Waals surface area contributed by atoms with Gasteiger partial charge in [0.2, 0.25) is 5.91 Å². The molecule has 0 bridgehead atoms. The number of fused-ring (bicyclic) bond motifs is 4. The lowest BCUT2D eigenvalue weighted by Crippen LogP contribution is -2.52. The quantitative estimate of drug-likeness (QED) is 0.216. The first-order valence-corrected chi connectivity index (χ1v) is 13.2. The summed E-state index contributed by atoms with van der Waals surface area (Å²) in [6.45, 7) is 0.418. The number of nitrogens with zero attached hydrogens (tertiary/aromatic N) is 2. The molecule has 1 N–H and O–H groups in total. The van der Waals surface area contributed by atoms with E-state index in [1.807, 2.05) is 4.90 Å². The van der Waals surface area contributed by atoms with Gasteiger partial charge in [0.1, 0.15) is 5.54 Å². The third-order valence-electron chi connectivity index (χ3n) is 8.24. The van der Waals surface area contributed by atoms with E-state index in [4.69, 9.17) is 0 Å². The van der Waals surface area contributed by atoms with E-state index in [9.17, 15) is 32.9 Å². The van der Waals surface area contributed by atoms with Crippen molar-refractivity contribution in [3.63, 3.8) is 0 Å². The number of nitro groups is 1. The molecule has 1 spiro atoms. The van der Waals surface area contributed by atoms with E-state index in [-0.39, 0.29) is 28.8 Å². The molecule has 11 heteroatoms. The minimum absolute atomic E-state index is 0.121. The van der Waals surface area contributed by atoms with Crippen molar-refractivity contribution in [2.24, 2.45) is 5.92 Å². The molecule has 3 unspecified atom stereocenters. The Bertz CT molecular complexity index is 1510. The predicted molar refractivity (Wildman–Crippen MR) is 139 cm³/mol. The number of hydrogen-bond acceptors (Lipinski definition) is 5. The zero-order valence-corrected chi connectivity index (χ0v) is 21.8. The predicted octanol–water partition coefficient (Wildman–Crippen LogP) is 6.28. The van der Waals surface area contributed by atoms with Crippen molar-refractivity contribution in [1.82, 2.24) is 4.90 Å². The van der Waals surface area contributed by atoms with Crippen molar-refractivity contribution in [3.05, 3.63) is 104 Å². The van der Waals surface area contributed by atoms with Crippen LogP contribution < -0.4 is 5.32 Å². The van der Waals surface area contributed by atoms with Crippen LogP contribution in [0.3, 0.4) is 0 Å². The molecule has 3 aliphatic rings. The van der Waals surface area contributed by atoms with Crippen LogP contribution >= 0.6 is 15.9 Å². The van der Waals surface area contributed by atoms with Crippen LogP contribution in [-0.2, 0) is 16.5 Å². The van der Waals surface area contributed by atoms with Crippen molar-refractivity contribution in [2.75, 3.05) is 11.9 Å². The van der Waals surface area contributed by atoms with E-state index in [1.54, 1.807) is 36.4 Å². The summed E-state index contributed by atoms with van der Waals surface area (Å²) in [5, 5.41) is 13.8. The Morgan fingerprint density at radius 1 is 1.08 bits per heavy atom. The second-order valence-corrected chi connectivity index (χ2v) is 11.0. The molecule has 39 heavy (non-hydrogen) atoms. The van der Waals surface area contributed by atoms with Gasteiger partial charge in [-0.2, -0.15) is 13.2 Å². The Morgan fingerprint density at radius 3 is 2.41 bits per heavy atom. The highest BCUT2D eigenvalue weighted by atomic mass is 79.9. The molecule has 0 aromatic heterocycles. The first-order chi connectivity index (χ1) is 18.5. The Kier molecular flexibility index (Phi) is 5.92. The maximum atomic E-state index is 14.4. The molecule has 0 saturated carbocycles. The lowest BCUT2D eigenvalue weighted by Gasteiger charge is -2.37. The summed E-state index contributed by atoms with van der Waals surface area (Å²) in [4.78, 5) is 41.1. The zero-order chi connectivity index (χ0) is 27.7. The number of carbonyl (C=O) groups excluding carboxylic acids is 2. The summed E-state index contributed by atoms with van der Waals surface area (Å²) in [6.07, 6.45) is -3.40. The monoisotopic (exact) mass is 599 g/mol. The van der Waals surface area contributed by atoms with E-state index in [1.165, 1.54) is 24.3 Å². The smallest absolute Gasteiger partial charge is 0.323 e. The van der Waals surface area contributed by atoms with E-state index < -0.39 is 39.9 Å². The van der Waals surface area contributed by atoms with Crippen molar-refractivity contribution < 1.29 is 27.7 Å². The summed E-state index contributed by atoms with van der Waals surface area (Å²) in [5.41, 5.74) is -2.00. The average molecular weight is 600 g/mol. The fraction of sp³-hybridized carbons (Fsp3) is 0.286. The normalized spacial score (nSPS) is 25.9. The van der Waals surface area contributed by atoms with E-state index >= 15 is 0 Å². The number of amides is 1. The maximum Gasteiger partial charge on any atom is 0.418 e. The summed E-state index contributed by atoms with van der Waals surface area (Å²) >= 11 is 3.36. The number of halogens is 4. The van der Waals surface area contributed by atoms with Crippen molar-refractivity contribution >= 4 is 39.0 Å². The minimum atomic E-state index is -4.71. The number of rotatable bonds is 4. The summed E-state index contributed by atoms with van der Waals surface area (Å²) in [5.74, 6) is -2.70. The van der Waals surface area contributed by atoms with Gasteiger partial charge in [0.05, 0.1) is 22.1 Å². The van der Waals surface area contributed by atoms with Gasteiger partial charge in [0.25, 0.3) is 5.69 Å². The van der Waals surface area contributed by atoms with Gasteiger partial charge >= 0.3 is 6.18 Å². The molecule has 3 aromatic carbocycles. The molecular weight excluding hydrogens is 579 g/mol. The third kappa shape index (κ3) is 3.74. The molecule has 2 saturated heterocycles. The van der Waals surface area contributed by atoms with Crippen LogP contribution in [0.5, 0.6) is 0 Å². The highest BCUT2D eigenvalue weighted by molar-refractivity contribution is 9.10. The minimum Gasteiger partial charge on any atom is -0.323 e. The summed E-state index contributed by atoms with van der Waals surface area (Å²) < 4.78 is 42.8. The number of carbonyl (C=O) groups is 2. The lowest BCUT2D eigenvalue weighted by molar-refractivity contribution is -0.384. The Morgan fingerprint density at radius 2 is 1.77 bits per heavy atom. The summed E-state index contributed by atoms with van der Waals surface area (Å²) in [6, 6.07) is 15.9. The third-order valence-corrected chi connectivity index (χ3v) is 8.77. The largest absolute Gasteiger partial charge is 0.418 e. The maximum absolute atomic E-state index is 14.4. The van der Waals surface area contributed by atoms with Gasteiger partial charge in [-0.1, -0.05) is 52.3 Å². The van der Waals surface area contributed by atoms with Crippen molar-refractivity contribution in [3.8, 4) is 0 Å². The number of hydrogen-bond donors (Lipinski definition) is 1. The molecule has 3 aromatic rings. The van der Waals surface area contributed by atoms with Gasteiger partial charge in [-0.25, -0.2) is 0 Å². The van der Waals surface area contributed by atoms with Crippen LogP contribution in [0.1, 0.15) is 45.8 Å². The number of ketones is 1. The van der Waals surface area contributed by atoms with E-state index in [2.05, 4.69) is 21.2 Å². The molecule has 3 heterocycles. The molecule has 0 radical (unpaired) electrons. The molecule has 6 rings (SSSR count). The Labute approximate surface area is 229 Å². The molecule has 7 nitrogen and oxygen atoms in total. The fourth-order valence-electron chi connectivity index (χ4n) is 6.81. The van der Waals surface area contributed by atoms with Crippen LogP contribution in [0.25, 0.3) is 0 Å². The topological polar surface area (TPSA) is 92.5 Å². The van der Waals surface area contributed by atoms with E-state index in [0.717, 1.165) is 10.5 Å². The Balaban J connectivity index is 1.61. The van der Waals surface area contributed by atoms with Gasteiger partial charge in [-0.15, -0.1) is 0 Å². The Hall–Kier alpha value is -3.57. The number of nitro benzene ring substituents is 1. The number of Topliss-reactive ketones (excluding diaryl/α,β-unsaturated/α-hetero) is 1. The van der Waals surface area contributed by atoms with Gasteiger partial charge < -0.3 is 5.32 Å². The van der Waals surface area contributed by atoms with Gasteiger partial charge in [-0.05, 0) is 43.1 Å². The second-order valence-electron chi connectivity index (χ2n) is 10.1. The van der Waals surface area contributed by atoms with Crippen molar-refractivity contribution in [1.29, 1.82) is 0 Å². The number of benzene rings is 3. The van der Waals surface area contributed by atoms with Crippen LogP contribution in [0.15, 0.2) is 71.2 Å². The molecule has 200 valence electrons. The second kappa shape index (κ2) is 8.99. The zero-order valence-electron chi connectivity index (χ0n) is 20.2. The summed E-state index contributed by atoms with van der Waals surface area (Å²) in [7, 11) is 0. The number of anilines is 1. The highest BCUT2D eigenvalue weighted by Crippen LogP contribution is 2.62. The molecule has 0 aliphatic carbocycles. The first kappa shape index (κ1) is 25.7. The van der Waals surface area contributed by atoms with Gasteiger partial charge in [-0.3, -0.25) is 24.6 Å². The molecule has 3 aliphatic heterocycles. The van der Waals surface area contributed by atoms with Crippen LogP contribution in [0.2, 0.25) is 0 Å². The average Bonchev–Trinajstić information content (AvgIpc) is 3.56. The van der Waals surface area contributed by atoms with Crippen molar-refractivity contribution in [2.45, 2.75) is 36.5 Å². The number of nitrogens with one attached hydrogen (secondary N) is 1. The molecular formula is C28H21BrF3N3O4. The standard InChI is InChI=1S/C28H21BrF3N3O4/c29-17-10-6-16(7-11-17)25(36)23-22(15-8-12-18(13-9-15)35(38)39)21-5-2-14-34(21)27(23)19-3-1-4-20(28(30,31)32)24(19)33-26(27)37/h1,3-4,6-13,21-23H,2,5,14H2,(H,33,37)/t21?,22?,23?,27-/m1/s1. The van der Waals surface area contributed by atoms with Gasteiger partial charge in [0.15, 0.2) is 5.78 Å². The van der Waals surface area contributed by atoms with Gasteiger partial charge in [0, 0.05) is 39.7 Å². The van der Waals surface area contributed by atoms with E-state index in [0.29, 0.717) is 30.5 Å². The number of non-ortho nitro benzene ring substituents is 1. The molecule has 4 atom stereocenters. The highest BCUT2D eigenvalue weighted by Gasteiger charge is 2.69. The fourth-order valence-corrected chi connectivity index (χ4v) is 7.07.